The fourth-order valence-corrected chi connectivity index (χ4v) is 3.80. The maximum Gasteiger partial charge on any atom is 0.333 e. The number of hydrogen-bond acceptors (Lipinski definition) is 3. The van der Waals surface area contributed by atoms with Gasteiger partial charge < -0.3 is 9.84 Å². The lowest BCUT2D eigenvalue weighted by Crippen LogP contribution is -2.12. The molecule has 0 aliphatic rings. The molecular weight excluding hydrogens is 448 g/mol. The Bertz CT molecular complexity index is 931. The van der Waals surface area contributed by atoms with Gasteiger partial charge in [-0.3, -0.25) is 0 Å². The highest BCUT2D eigenvalue weighted by Gasteiger charge is 2.16. The Balaban J connectivity index is 0.000000360. The number of unbranched alkanes of at least 4 members (excludes halogenated alkanes) is 4. The van der Waals surface area contributed by atoms with Gasteiger partial charge in [0.1, 0.15) is 6.10 Å². The smallest absolute Gasteiger partial charge is 0.333 e. The maximum atomic E-state index is 11.6. The van der Waals surface area contributed by atoms with E-state index in [4.69, 9.17) is 9.84 Å². The zero-order valence-corrected chi connectivity index (χ0v) is 22.5. The molecular formula is C32H44O4. The molecule has 0 aromatic heterocycles. The lowest BCUT2D eigenvalue weighted by molar-refractivity contribution is -0.145. The standard InChI is InChI=1S/2C16H22O2/c1-4-5-7-12-15(18-16(17)13(2)3)14-10-8-6-9-11-14;1-3-4-6-11-15(12-13(2)16(17)18)14-9-7-5-8-10-14/h6,8-11,15H,2,4-5,7,12H2,1,3H3;5,7-10,12,15H,3-4,6,11H2,1-2H3,(H,17,18). The van der Waals surface area contributed by atoms with Crippen LogP contribution in [0.4, 0.5) is 0 Å². The second kappa shape index (κ2) is 18.2. The Morgan fingerprint density at radius 3 is 1.81 bits per heavy atom. The van der Waals surface area contributed by atoms with Gasteiger partial charge in [0, 0.05) is 17.1 Å². The van der Waals surface area contributed by atoms with Crippen molar-refractivity contribution < 1.29 is 19.4 Å². The number of esters is 1. The van der Waals surface area contributed by atoms with Crippen molar-refractivity contribution in [1.29, 1.82) is 0 Å². The number of allylic oxidation sites excluding steroid dienone is 1. The minimum absolute atomic E-state index is 0.151. The molecule has 0 aliphatic carbocycles. The number of carboxylic acids is 1. The monoisotopic (exact) mass is 492 g/mol. The summed E-state index contributed by atoms with van der Waals surface area (Å²) in [7, 11) is 0. The Hall–Kier alpha value is -3.14. The third-order valence-corrected chi connectivity index (χ3v) is 5.97. The second-order valence-corrected chi connectivity index (χ2v) is 9.25. The average Bonchev–Trinajstić information content (AvgIpc) is 2.88. The van der Waals surface area contributed by atoms with Gasteiger partial charge in [-0.1, -0.05) is 119 Å². The summed E-state index contributed by atoms with van der Waals surface area (Å²) in [5, 5.41) is 8.98. The molecule has 1 N–H and O–H groups in total. The van der Waals surface area contributed by atoms with Crippen LogP contribution in [0.25, 0.3) is 0 Å². The van der Waals surface area contributed by atoms with E-state index in [0.29, 0.717) is 11.1 Å². The first-order valence-corrected chi connectivity index (χ1v) is 13.2. The highest BCUT2D eigenvalue weighted by atomic mass is 16.5. The Labute approximate surface area is 218 Å². The largest absolute Gasteiger partial charge is 0.478 e. The van der Waals surface area contributed by atoms with Crippen LogP contribution in [0, 0.1) is 0 Å². The molecule has 0 radical (unpaired) electrons. The second-order valence-electron chi connectivity index (χ2n) is 9.25. The molecule has 2 rings (SSSR count). The van der Waals surface area contributed by atoms with Crippen LogP contribution in [-0.2, 0) is 14.3 Å². The highest BCUT2D eigenvalue weighted by molar-refractivity contribution is 5.87. The summed E-state index contributed by atoms with van der Waals surface area (Å²) in [5.41, 5.74) is 3.14. The molecule has 0 fully saturated rings. The quantitative estimate of drug-likeness (QED) is 0.163. The molecule has 0 amide bonds. The summed E-state index contributed by atoms with van der Waals surface area (Å²) in [5.74, 6) is -0.916. The zero-order chi connectivity index (χ0) is 26.8. The molecule has 2 atom stereocenters. The molecule has 0 aliphatic heterocycles. The lowest BCUT2D eigenvalue weighted by atomic mass is 9.91. The van der Waals surface area contributed by atoms with Gasteiger partial charge in [-0.15, -0.1) is 0 Å². The van der Waals surface area contributed by atoms with Crippen molar-refractivity contribution in [2.45, 2.75) is 91.1 Å². The number of hydrogen-bond donors (Lipinski definition) is 1. The van der Waals surface area contributed by atoms with Crippen LogP contribution < -0.4 is 0 Å². The van der Waals surface area contributed by atoms with Gasteiger partial charge in [-0.25, -0.2) is 9.59 Å². The van der Waals surface area contributed by atoms with E-state index in [9.17, 15) is 9.59 Å². The van der Waals surface area contributed by atoms with E-state index >= 15 is 0 Å². The van der Waals surface area contributed by atoms with Gasteiger partial charge in [-0.2, -0.15) is 0 Å². The van der Waals surface area contributed by atoms with Gasteiger partial charge in [0.25, 0.3) is 0 Å². The minimum atomic E-state index is -0.827. The molecule has 2 unspecified atom stereocenters. The van der Waals surface area contributed by atoms with Gasteiger partial charge in [-0.05, 0) is 44.2 Å². The van der Waals surface area contributed by atoms with Crippen LogP contribution in [-0.4, -0.2) is 17.0 Å². The summed E-state index contributed by atoms with van der Waals surface area (Å²) in [6.07, 6.45) is 10.5. The molecule has 36 heavy (non-hydrogen) atoms. The molecule has 4 nitrogen and oxygen atoms in total. The number of carboxylic acid groups (broad SMARTS) is 1. The fraction of sp³-hybridized carbons (Fsp3) is 0.438. The molecule has 0 bridgehead atoms. The van der Waals surface area contributed by atoms with E-state index in [-0.39, 0.29) is 18.0 Å². The SMILES string of the molecule is C=C(C)C(=O)OC(CCCCC)c1ccccc1.CCCCCC(C=C(C)C(=O)O)c1ccccc1. The van der Waals surface area contributed by atoms with Crippen LogP contribution in [0.5, 0.6) is 0 Å². The molecule has 2 aromatic rings. The summed E-state index contributed by atoms with van der Waals surface area (Å²) in [6.45, 7) is 11.3. The predicted octanol–water partition coefficient (Wildman–Crippen LogP) is 8.81. The Kier molecular flexibility index (Phi) is 15.6. The number of rotatable bonds is 14. The molecule has 2 aromatic carbocycles. The molecule has 0 heterocycles. The summed E-state index contributed by atoms with van der Waals surface area (Å²) >= 11 is 0. The Morgan fingerprint density at radius 2 is 1.33 bits per heavy atom. The predicted molar refractivity (Wildman–Crippen MR) is 149 cm³/mol. The van der Waals surface area contributed by atoms with E-state index < -0.39 is 5.97 Å². The fourth-order valence-electron chi connectivity index (χ4n) is 3.80. The average molecular weight is 493 g/mol. The molecule has 0 spiro atoms. The van der Waals surface area contributed by atoms with Crippen molar-refractivity contribution in [1.82, 2.24) is 0 Å². The number of benzene rings is 2. The van der Waals surface area contributed by atoms with Crippen LogP contribution >= 0.6 is 0 Å². The summed E-state index contributed by atoms with van der Waals surface area (Å²) in [4.78, 5) is 22.6. The first-order chi connectivity index (χ1) is 17.3. The van der Waals surface area contributed by atoms with Gasteiger partial charge >= 0.3 is 11.9 Å². The van der Waals surface area contributed by atoms with Crippen molar-refractivity contribution in [2.24, 2.45) is 0 Å². The van der Waals surface area contributed by atoms with E-state index in [0.717, 1.165) is 44.1 Å². The third kappa shape index (κ3) is 12.5. The van der Waals surface area contributed by atoms with Crippen molar-refractivity contribution in [3.63, 3.8) is 0 Å². The van der Waals surface area contributed by atoms with Crippen LogP contribution in [0.2, 0.25) is 0 Å². The lowest BCUT2D eigenvalue weighted by Gasteiger charge is -2.18. The van der Waals surface area contributed by atoms with E-state index in [1.807, 2.05) is 54.6 Å². The topological polar surface area (TPSA) is 63.6 Å². The van der Waals surface area contributed by atoms with Crippen molar-refractivity contribution in [3.8, 4) is 0 Å². The van der Waals surface area contributed by atoms with Crippen LogP contribution in [0.3, 0.4) is 0 Å². The minimum Gasteiger partial charge on any atom is -0.478 e. The maximum absolute atomic E-state index is 11.6. The molecule has 0 saturated heterocycles. The number of carbonyl (C=O) groups is 2. The first kappa shape index (κ1) is 30.9. The number of aliphatic carboxylic acids is 1. The first-order valence-electron chi connectivity index (χ1n) is 13.2. The molecule has 0 saturated carbocycles. The highest BCUT2D eigenvalue weighted by Crippen LogP contribution is 2.26. The Morgan fingerprint density at radius 1 is 0.833 bits per heavy atom. The van der Waals surface area contributed by atoms with E-state index in [1.165, 1.54) is 18.4 Å². The number of ether oxygens (including phenoxy) is 1. The van der Waals surface area contributed by atoms with Crippen LogP contribution in [0.15, 0.2) is 84.5 Å². The van der Waals surface area contributed by atoms with Crippen molar-refractivity contribution in [2.75, 3.05) is 0 Å². The van der Waals surface area contributed by atoms with Crippen LogP contribution in [0.1, 0.15) is 102 Å². The number of carbonyl (C=O) groups excluding carboxylic acids is 1. The van der Waals surface area contributed by atoms with Crippen molar-refractivity contribution >= 4 is 11.9 Å². The van der Waals surface area contributed by atoms with Gasteiger partial charge in [0.15, 0.2) is 0 Å². The zero-order valence-electron chi connectivity index (χ0n) is 22.5. The van der Waals surface area contributed by atoms with E-state index in [2.05, 4.69) is 32.6 Å². The normalized spacial score (nSPS) is 12.6. The van der Waals surface area contributed by atoms with Gasteiger partial charge in [0.05, 0.1) is 0 Å². The molecule has 4 heteroatoms. The third-order valence-electron chi connectivity index (χ3n) is 5.97. The van der Waals surface area contributed by atoms with E-state index in [1.54, 1.807) is 13.8 Å². The van der Waals surface area contributed by atoms with Crippen molar-refractivity contribution in [3.05, 3.63) is 95.6 Å². The molecule has 196 valence electrons. The summed E-state index contributed by atoms with van der Waals surface area (Å²) < 4.78 is 5.51. The summed E-state index contributed by atoms with van der Waals surface area (Å²) in [6, 6.07) is 20.0. The van der Waals surface area contributed by atoms with Gasteiger partial charge in [0.2, 0.25) is 0 Å².